The molecular weight excluding hydrogens is 258 g/mol. The maximum absolute atomic E-state index is 10.9. The lowest BCUT2D eigenvalue weighted by atomic mass is 10.1. The first-order valence-electron chi connectivity index (χ1n) is 5.31. The van der Waals surface area contributed by atoms with E-state index >= 15 is 0 Å². The molecule has 0 aromatic heterocycles. The van der Waals surface area contributed by atoms with Gasteiger partial charge in [-0.25, -0.2) is 4.79 Å². The molecule has 0 fully saturated rings. The Labute approximate surface area is 108 Å². The topological polar surface area (TPSA) is 108 Å². The predicted molar refractivity (Wildman–Crippen MR) is 63.7 cm³/mol. The third kappa shape index (κ3) is 3.55. The Morgan fingerprint density at radius 3 is 2.58 bits per heavy atom. The maximum atomic E-state index is 10.9. The van der Waals surface area contributed by atoms with Crippen molar-refractivity contribution >= 4 is 11.7 Å². The van der Waals surface area contributed by atoms with Gasteiger partial charge in [0.1, 0.15) is 5.56 Å². The largest absolute Gasteiger partial charge is 0.493 e. The molecule has 0 aliphatic rings. The molecule has 104 valence electrons. The van der Waals surface area contributed by atoms with Gasteiger partial charge in [-0.1, -0.05) is 0 Å². The third-order valence-electron chi connectivity index (χ3n) is 2.21. The van der Waals surface area contributed by atoms with Crippen LogP contribution in [0.5, 0.6) is 11.5 Å². The minimum atomic E-state index is -1.42. The summed E-state index contributed by atoms with van der Waals surface area (Å²) in [5.74, 6) is -1.28. The molecule has 0 saturated heterocycles. The molecule has 1 aromatic carbocycles. The number of benzene rings is 1. The standard InChI is InChI=1S/C11H13NO7/c1-3-18-6-19-10-5-8(12(15)16)7(11(13)14)4-9(10)17-2/h4-5H,3,6H2,1-2H3,(H,13,14). The number of ether oxygens (including phenoxy) is 3. The number of carbonyl (C=O) groups is 1. The summed E-state index contributed by atoms with van der Waals surface area (Å²) < 4.78 is 15.0. The average molecular weight is 271 g/mol. The van der Waals surface area contributed by atoms with Crippen molar-refractivity contribution in [1.82, 2.24) is 0 Å². The van der Waals surface area contributed by atoms with Crippen LogP contribution in [0.4, 0.5) is 5.69 Å². The molecule has 0 atom stereocenters. The van der Waals surface area contributed by atoms with E-state index in [4.69, 9.17) is 19.3 Å². The number of rotatable bonds is 7. The van der Waals surface area contributed by atoms with Gasteiger partial charge in [-0.15, -0.1) is 0 Å². The molecule has 0 spiro atoms. The van der Waals surface area contributed by atoms with Crippen molar-refractivity contribution in [2.24, 2.45) is 0 Å². The zero-order chi connectivity index (χ0) is 14.4. The number of nitrogens with zero attached hydrogens (tertiary/aromatic N) is 1. The van der Waals surface area contributed by atoms with Crippen molar-refractivity contribution in [3.05, 3.63) is 27.8 Å². The van der Waals surface area contributed by atoms with Crippen molar-refractivity contribution in [2.45, 2.75) is 6.92 Å². The molecule has 0 amide bonds. The Bertz CT molecular complexity index is 486. The molecule has 1 N–H and O–H groups in total. The molecule has 0 heterocycles. The second kappa shape index (κ2) is 6.55. The smallest absolute Gasteiger partial charge is 0.342 e. The number of methoxy groups -OCH3 is 1. The van der Waals surface area contributed by atoms with Crippen molar-refractivity contribution in [3.63, 3.8) is 0 Å². The van der Waals surface area contributed by atoms with Gasteiger partial charge in [-0.2, -0.15) is 0 Å². The van der Waals surface area contributed by atoms with Gasteiger partial charge in [-0.3, -0.25) is 10.1 Å². The second-order valence-corrected chi connectivity index (χ2v) is 3.34. The lowest BCUT2D eigenvalue weighted by Gasteiger charge is -2.11. The van der Waals surface area contributed by atoms with Crippen molar-refractivity contribution < 1.29 is 29.0 Å². The minimum Gasteiger partial charge on any atom is -0.493 e. The van der Waals surface area contributed by atoms with Gasteiger partial charge in [0.2, 0.25) is 0 Å². The van der Waals surface area contributed by atoms with Crippen molar-refractivity contribution in [3.8, 4) is 11.5 Å². The first-order chi connectivity index (χ1) is 9.01. The summed E-state index contributed by atoms with van der Waals surface area (Å²) in [5.41, 5.74) is -1.04. The Balaban J connectivity index is 3.19. The normalized spacial score (nSPS) is 10.0. The molecular formula is C11H13NO7. The monoisotopic (exact) mass is 271 g/mol. The fourth-order valence-electron chi connectivity index (χ4n) is 1.33. The summed E-state index contributed by atoms with van der Waals surface area (Å²) in [5, 5.41) is 19.7. The van der Waals surface area contributed by atoms with Gasteiger partial charge >= 0.3 is 5.97 Å². The molecule has 8 heteroatoms. The van der Waals surface area contributed by atoms with Gasteiger partial charge in [-0.05, 0) is 6.92 Å². The number of nitro benzene ring substituents is 1. The molecule has 1 aromatic rings. The lowest BCUT2D eigenvalue weighted by molar-refractivity contribution is -0.385. The van der Waals surface area contributed by atoms with E-state index in [0.717, 1.165) is 12.1 Å². The van der Waals surface area contributed by atoms with Gasteiger partial charge < -0.3 is 19.3 Å². The summed E-state index contributed by atoms with van der Waals surface area (Å²) >= 11 is 0. The Morgan fingerprint density at radius 1 is 1.42 bits per heavy atom. The highest BCUT2D eigenvalue weighted by Crippen LogP contribution is 2.34. The first-order valence-corrected chi connectivity index (χ1v) is 5.31. The summed E-state index contributed by atoms with van der Waals surface area (Å²) in [6.45, 7) is 2.06. The van der Waals surface area contributed by atoms with Crippen LogP contribution >= 0.6 is 0 Å². The first kappa shape index (κ1) is 14.7. The fourth-order valence-corrected chi connectivity index (χ4v) is 1.33. The van der Waals surface area contributed by atoms with Crippen LogP contribution in [-0.2, 0) is 4.74 Å². The number of carboxylic acid groups (broad SMARTS) is 1. The Morgan fingerprint density at radius 2 is 2.11 bits per heavy atom. The molecule has 0 bridgehead atoms. The van der Waals surface area contributed by atoms with Gasteiger partial charge in [0.15, 0.2) is 18.3 Å². The van der Waals surface area contributed by atoms with E-state index < -0.39 is 22.1 Å². The quantitative estimate of drug-likeness (QED) is 0.347. The van der Waals surface area contributed by atoms with Crippen molar-refractivity contribution in [1.29, 1.82) is 0 Å². The minimum absolute atomic E-state index is 0.0488. The number of hydrogen-bond donors (Lipinski definition) is 1. The maximum Gasteiger partial charge on any atom is 0.342 e. The molecule has 0 radical (unpaired) electrons. The molecule has 0 aliphatic heterocycles. The molecule has 1 rings (SSSR count). The van der Waals surface area contributed by atoms with Crippen LogP contribution in [-0.4, -0.2) is 36.5 Å². The number of nitro groups is 1. The Hall–Kier alpha value is -2.35. The third-order valence-corrected chi connectivity index (χ3v) is 2.21. The zero-order valence-electron chi connectivity index (χ0n) is 10.4. The van der Waals surface area contributed by atoms with E-state index in [1.807, 2.05) is 0 Å². The summed E-state index contributed by atoms with van der Waals surface area (Å²) in [4.78, 5) is 21.0. The SMILES string of the molecule is CCOCOc1cc([N+](=O)[O-])c(C(=O)O)cc1OC. The van der Waals surface area contributed by atoms with Crippen LogP contribution in [0.15, 0.2) is 12.1 Å². The Kier molecular flexibility index (Phi) is 5.07. The summed E-state index contributed by atoms with van der Waals surface area (Å²) in [6.07, 6.45) is 0. The van der Waals surface area contributed by atoms with Crippen LogP contribution in [0.25, 0.3) is 0 Å². The van der Waals surface area contributed by atoms with E-state index in [2.05, 4.69) is 0 Å². The van der Waals surface area contributed by atoms with E-state index in [1.165, 1.54) is 7.11 Å². The van der Waals surface area contributed by atoms with Crippen LogP contribution in [0.1, 0.15) is 17.3 Å². The van der Waals surface area contributed by atoms with Crippen LogP contribution in [0.3, 0.4) is 0 Å². The number of aromatic carboxylic acids is 1. The summed E-state index contributed by atoms with van der Waals surface area (Å²) in [7, 11) is 1.31. The van der Waals surface area contributed by atoms with Crippen LogP contribution in [0, 0.1) is 10.1 Å². The number of carboxylic acids is 1. The van der Waals surface area contributed by atoms with Crippen LogP contribution in [0.2, 0.25) is 0 Å². The number of hydrogen-bond acceptors (Lipinski definition) is 6. The lowest BCUT2D eigenvalue weighted by Crippen LogP contribution is -2.07. The molecule has 0 aliphatic carbocycles. The van der Waals surface area contributed by atoms with E-state index in [0.29, 0.717) is 6.61 Å². The highest BCUT2D eigenvalue weighted by molar-refractivity contribution is 5.93. The van der Waals surface area contributed by atoms with Crippen LogP contribution < -0.4 is 9.47 Å². The second-order valence-electron chi connectivity index (χ2n) is 3.34. The van der Waals surface area contributed by atoms with Gasteiger partial charge in [0.25, 0.3) is 5.69 Å². The summed E-state index contributed by atoms with van der Waals surface area (Å²) in [6, 6.07) is 2.04. The van der Waals surface area contributed by atoms with E-state index in [9.17, 15) is 14.9 Å². The van der Waals surface area contributed by atoms with Crippen molar-refractivity contribution in [2.75, 3.05) is 20.5 Å². The zero-order valence-corrected chi connectivity index (χ0v) is 10.4. The van der Waals surface area contributed by atoms with Gasteiger partial charge in [0, 0.05) is 12.7 Å². The highest BCUT2D eigenvalue weighted by atomic mass is 16.7. The molecule has 0 unspecified atom stereocenters. The highest BCUT2D eigenvalue weighted by Gasteiger charge is 2.24. The van der Waals surface area contributed by atoms with Gasteiger partial charge in [0.05, 0.1) is 18.1 Å². The average Bonchev–Trinajstić information content (AvgIpc) is 2.38. The van der Waals surface area contributed by atoms with E-state index in [1.54, 1.807) is 6.92 Å². The predicted octanol–water partition coefficient (Wildman–Crippen LogP) is 1.67. The molecule has 19 heavy (non-hydrogen) atoms. The molecule has 0 saturated carbocycles. The van der Waals surface area contributed by atoms with E-state index in [-0.39, 0.29) is 18.3 Å². The fraction of sp³-hybridized carbons (Fsp3) is 0.364. The molecule has 8 nitrogen and oxygen atoms in total.